The van der Waals surface area contributed by atoms with Crippen molar-refractivity contribution in [1.29, 1.82) is 0 Å². The molecule has 0 spiro atoms. The highest BCUT2D eigenvalue weighted by molar-refractivity contribution is 7.09. The Morgan fingerprint density at radius 1 is 1.43 bits per heavy atom. The highest BCUT2D eigenvalue weighted by Crippen LogP contribution is 2.17. The van der Waals surface area contributed by atoms with Crippen molar-refractivity contribution in [3.05, 3.63) is 22.4 Å². The Balaban J connectivity index is 1.90. The van der Waals surface area contributed by atoms with E-state index in [1.807, 2.05) is 11.3 Å². The molecule has 14 heavy (non-hydrogen) atoms. The van der Waals surface area contributed by atoms with Gasteiger partial charge in [-0.05, 0) is 30.7 Å². The van der Waals surface area contributed by atoms with Gasteiger partial charge in [-0.1, -0.05) is 18.9 Å². The molecular weight excluding hydrogens is 192 g/mol. The lowest BCUT2D eigenvalue weighted by atomic mass is 10.1. The van der Waals surface area contributed by atoms with Gasteiger partial charge in [-0.2, -0.15) is 0 Å². The standard InChI is InChI=1S/C11H18N2S/c12-11-6-2-1-4-9(13-11)8-10-5-3-7-14-10/h3,5,7,9,11,13H,1-2,4,6,8,12H2. The molecule has 1 aliphatic rings. The fourth-order valence-electron chi connectivity index (χ4n) is 2.06. The molecule has 78 valence electrons. The molecule has 0 saturated carbocycles. The van der Waals surface area contributed by atoms with Crippen molar-refractivity contribution in [2.45, 2.75) is 44.3 Å². The van der Waals surface area contributed by atoms with Gasteiger partial charge in [0.15, 0.2) is 0 Å². The van der Waals surface area contributed by atoms with Crippen LogP contribution < -0.4 is 11.1 Å². The summed E-state index contributed by atoms with van der Waals surface area (Å²) in [5, 5.41) is 5.65. The Kier molecular flexibility index (Phi) is 3.56. The summed E-state index contributed by atoms with van der Waals surface area (Å²) in [6.45, 7) is 0. The first kappa shape index (κ1) is 10.1. The van der Waals surface area contributed by atoms with Crippen molar-refractivity contribution >= 4 is 11.3 Å². The quantitative estimate of drug-likeness (QED) is 0.784. The minimum absolute atomic E-state index is 0.211. The van der Waals surface area contributed by atoms with Crippen LogP contribution in [0.4, 0.5) is 0 Å². The van der Waals surface area contributed by atoms with Gasteiger partial charge in [0.1, 0.15) is 0 Å². The zero-order valence-electron chi connectivity index (χ0n) is 8.41. The van der Waals surface area contributed by atoms with Gasteiger partial charge in [-0.25, -0.2) is 0 Å². The van der Waals surface area contributed by atoms with Crippen LogP contribution in [0.25, 0.3) is 0 Å². The molecule has 3 heteroatoms. The molecule has 1 fully saturated rings. The SMILES string of the molecule is NC1CCCCC(Cc2cccs2)N1. The average Bonchev–Trinajstić information content (AvgIpc) is 2.56. The van der Waals surface area contributed by atoms with Gasteiger partial charge in [-0.3, -0.25) is 5.32 Å². The summed E-state index contributed by atoms with van der Waals surface area (Å²) in [6, 6.07) is 4.92. The van der Waals surface area contributed by atoms with Crippen molar-refractivity contribution in [3.63, 3.8) is 0 Å². The van der Waals surface area contributed by atoms with Gasteiger partial charge in [-0.15, -0.1) is 11.3 Å². The number of rotatable bonds is 2. The number of nitrogens with two attached hydrogens (primary N) is 1. The lowest BCUT2D eigenvalue weighted by Crippen LogP contribution is -2.43. The molecule has 2 atom stereocenters. The maximum absolute atomic E-state index is 5.95. The van der Waals surface area contributed by atoms with Gasteiger partial charge in [0.25, 0.3) is 0 Å². The van der Waals surface area contributed by atoms with Crippen molar-refractivity contribution < 1.29 is 0 Å². The van der Waals surface area contributed by atoms with E-state index >= 15 is 0 Å². The van der Waals surface area contributed by atoms with E-state index in [-0.39, 0.29) is 6.17 Å². The zero-order valence-corrected chi connectivity index (χ0v) is 9.22. The van der Waals surface area contributed by atoms with Crippen molar-refractivity contribution in [2.75, 3.05) is 0 Å². The van der Waals surface area contributed by atoms with Crippen molar-refractivity contribution in [2.24, 2.45) is 5.73 Å². The lowest BCUT2D eigenvalue weighted by Gasteiger charge is -2.18. The molecule has 2 heterocycles. The third-order valence-corrected chi connectivity index (χ3v) is 3.69. The average molecular weight is 210 g/mol. The van der Waals surface area contributed by atoms with Crippen LogP contribution in [0.1, 0.15) is 30.6 Å². The van der Waals surface area contributed by atoms with Crippen LogP contribution in [-0.2, 0) is 6.42 Å². The molecular formula is C11H18N2S. The molecule has 0 aliphatic carbocycles. The summed E-state index contributed by atoms with van der Waals surface area (Å²) in [6.07, 6.45) is 6.34. The monoisotopic (exact) mass is 210 g/mol. The van der Waals surface area contributed by atoms with Crippen LogP contribution >= 0.6 is 11.3 Å². The smallest absolute Gasteiger partial charge is 0.0548 e. The van der Waals surface area contributed by atoms with E-state index in [1.54, 1.807) is 0 Å². The van der Waals surface area contributed by atoms with Gasteiger partial charge in [0.2, 0.25) is 0 Å². The van der Waals surface area contributed by atoms with Gasteiger partial charge in [0.05, 0.1) is 6.17 Å². The highest BCUT2D eigenvalue weighted by atomic mass is 32.1. The highest BCUT2D eigenvalue weighted by Gasteiger charge is 2.16. The molecule has 2 rings (SSSR count). The summed E-state index contributed by atoms with van der Waals surface area (Å²) in [4.78, 5) is 1.47. The first-order chi connectivity index (χ1) is 6.84. The van der Waals surface area contributed by atoms with E-state index in [2.05, 4.69) is 22.8 Å². The van der Waals surface area contributed by atoms with Crippen molar-refractivity contribution in [3.8, 4) is 0 Å². The van der Waals surface area contributed by atoms with E-state index in [1.165, 1.54) is 24.1 Å². The maximum Gasteiger partial charge on any atom is 0.0548 e. The van der Waals surface area contributed by atoms with E-state index < -0.39 is 0 Å². The van der Waals surface area contributed by atoms with Crippen LogP contribution in [0.2, 0.25) is 0 Å². The number of hydrogen-bond acceptors (Lipinski definition) is 3. The molecule has 2 nitrogen and oxygen atoms in total. The second-order valence-corrected chi connectivity index (χ2v) is 5.07. The normalized spacial score (nSPS) is 28.6. The zero-order chi connectivity index (χ0) is 9.80. The molecule has 1 aromatic rings. The molecule has 1 aliphatic heterocycles. The summed E-state index contributed by atoms with van der Waals surface area (Å²) in [7, 11) is 0. The van der Waals surface area contributed by atoms with Gasteiger partial charge < -0.3 is 5.73 Å². The Morgan fingerprint density at radius 3 is 3.07 bits per heavy atom. The summed E-state index contributed by atoms with van der Waals surface area (Å²) >= 11 is 1.84. The number of thiophene rings is 1. The number of nitrogens with one attached hydrogen (secondary N) is 1. The lowest BCUT2D eigenvalue weighted by molar-refractivity contribution is 0.436. The van der Waals surface area contributed by atoms with Crippen molar-refractivity contribution in [1.82, 2.24) is 5.32 Å². The van der Waals surface area contributed by atoms with Gasteiger partial charge >= 0.3 is 0 Å². The molecule has 1 saturated heterocycles. The van der Waals surface area contributed by atoms with Crippen LogP contribution in [0, 0.1) is 0 Å². The largest absolute Gasteiger partial charge is 0.316 e. The fourth-order valence-corrected chi connectivity index (χ4v) is 2.84. The molecule has 3 N–H and O–H groups in total. The van der Waals surface area contributed by atoms with Crippen LogP contribution in [-0.4, -0.2) is 12.2 Å². The topological polar surface area (TPSA) is 38.0 Å². The molecule has 2 unspecified atom stereocenters. The molecule has 0 aromatic carbocycles. The van der Waals surface area contributed by atoms with Gasteiger partial charge in [0, 0.05) is 10.9 Å². The Labute approximate surface area is 89.5 Å². The molecule has 0 radical (unpaired) electrons. The molecule has 0 amide bonds. The van der Waals surface area contributed by atoms with E-state index in [0.717, 1.165) is 12.8 Å². The fraction of sp³-hybridized carbons (Fsp3) is 0.636. The van der Waals surface area contributed by atoms with Crippen LogP contribution in [0.15, 0.2) is 17.5 Å². The summed E-state index contributed by atoms with van der Waals surface area (Å²) in [5.41, 5.74) is 5.95. The maximum atomic E-state index is 5.95. The second kappa shape index (κ2) is 4.91. The minimum atomic E-state index is 0.211. The Bertz CT molecular complexity index is 258. The van der Waals surface area contributed by atoms with E-state index in [4.69, 9.17) is 5.73 Å². The predicted octanol–water partition coefficient (Wildman–Crippen LogP) is 2.11. The minimum Gasteiger partial charge on any atom is -0.316 e. The third-order valence-electron chi connectivity index (χ3n) is 2.80. The first-order valence-corrected chi connectivity index (χ1v) is 6.26. The summed E-state index contributed by atoms with van der Waals surface area (Å²) in [5.74, 6) is 0. The van der Waals surface area contributed by atoms with Crippen LogP contribution in [0.3, 0.4) is 0 Å². The van der Waals surface area contributed by atoms with E-state index in [0.29, 0.717) is 6.04 Å². The molecule has 0 bridgehead atoms. The van der Waals surface area contributed by atoms with E-state index in [9.17, 15) is 0 Å². The molecule has 1 aromatic heterocycles. The Morgan fingerprint density at radius 2 is 2.29 bits per heavy atom. The third kappa shape index (κ3) is 2.80. The number of hydrogen-bond donors (Lipinski definition) is 2. The Hall–Kier alpha value is -0.380. The first-order valence-electron chi connectivity index (χ1n) is 5.38. The predicted molar refractivity (Wildman–Crippen MR) is 61.4 cm³/mol. The van der Waals surface area contributed by atoms with Crippen LogP contribution in [0.5, 0.6) is 0 Å². The summed E-state index contributed by atoms with van der Waals surface area (Å²) < 4.78 is 0. The second-order valence-electron chi connectivity index (χ2n) is 4.04.